The van der Waals surface area contributed by atoms with E-state index in [4.69, 9.17) is 5.26 Å². The third-order valence-electron chi connectivity index (χ3n) is 1.27. The van der Waals surface area contributed by atoms with Gasteiger partial charge in [0.2, 0.25) is 0 Å². The first-order valence-electron chi connectivity index (χ1n) is 3.10. The van der Waals surface area contributed by atoms with Crippen LogP contribution in [0.4, 0.5) is 13.2 Å². The number of hydrogen-bond donors (Lipinski definition) is 0. The van der Waals surface area contributed by atoms with Gasteiger partial charge in [-0.3, -0.25) is 0 Å². The molecule has 0 aliphatic heterocycles. The van der Waals surface area contributed by atoms with Crippen molar-refractivity contribution in [3.05, 3.63) is 26.8 Å². The Kier molecular flexibility index (Phi) is 3.08. The Morgan fingerprint density at radius 3 is 2.62 bits per heavy atom. The van der Waals surface area contributed by atoms with Gasteiger partial charge in [-0.2, -0.15) is 5.26 Å². The normalized spacial score (nSPS) is 10.2. The molecule has 1 rings (SSSR count). The number of hydrogen-bond acceptors (Lipinski definition) is 2. The molecule has 0 amide bonds. The Bertz CT molecular complexity index is 373. The number of nitriles is 1. The summed E-state index contributed by atoms with van der Waals surface area (Å²) in [5.41, 5.74) is -1.16. The van der Waals surface area contributed by atoms with Gasteiger partial charge >= 0.3 is 0 Å². The Morgan fingerprint density at radius 2 is 2.15 bits per heavy atom. The molecule has 0 radical (unpaired) electrons. The standard InChI is InChI=1S/C7H2F3IN2/c8-3-1-4(11)6(7(9)10)13-5(3)2-12/h1,7H. The molecule has 6 heteroatoms. The molecule has 1 aromatic rings. The van der Waals surface area contributed by atoms with Crippen LogP contribution in [0.1, 0.15) is 17.8 Å². The molecule has 0 saturated carbocycles. The molecule has 68 valence electrons. The van der Waals surface area contributed by atoms with E-state index in [1.54, 1.807) is 22.6 Å². The Labute approximate surface area is 85.5 Å². The van der Waals surface area contributed by atoms with Crippen molar-refractivity contribution < 1.29 is 13.2 Å². The smallest absolute Gasteiger partial charge is 0.232 e. The molecule has 13 heavy (non-hydrogen) atoms. The van der Waals surface area contributed by atoms with E-state index in [1.807, 2.05) is 0 Å². The molecule has 0 atom stereocenters. The van der Waals surface area contributed by atoms with Crippen molar-refractivity contribution in [2.24, 2.45) is 0 Å². The summed E-state index contributed by atoms with van der Waals surface area (Å²) in [7, 11) is 0. The number of halogens is 4. The Hall–Kier alpha value is -0.840. The van der Waals surface area contributed by atoms with Crippen LogP contribution in [0.25, 0.3) is 0 Å². The van der Waals surface area contributed by atoms with Gasteiger partial charge in [0.1, 0.15) is 11.8 Å². The van der Waals surface area contributed by atoms with Crippen LogP contribution in [-0.2, 0) is 0 Å². The highest BCUT2D eigenvalue weighted by molar-refractivity contribution is 14.1. The predicted octanol–water partition coefficient (Wildman–Crippen LogP) is 2.63. The van der Waals surface area contributed by atoms with Crippen molar-refractivity contribution in [3.8, 4) is 6.07 Å². The van der Waals surface area contributed by atoms with Crippen molar-refractivity contribution in [2.45, 2.75) is 6.43 Å². The first-order chi connectivity index (χ1) is 6.06. The molecule has 0 aliphatic carbocycles. The lowest BCUT2D eigenvalue weighted by molar-refractivity contribution is 0.144. The summed E-state index contributed by atoms with van der Waals surface area (Å²) in [5.74, 6) is -0.878. The van der Waals surface area contributed by atoms with Crippen LogP contribution >= 0.6 is 22.6 Å². The predicted molar refractivity (Wildman–Crippen MR) is 46.6 cm³/mol. The lowest BCUT2D eigenvalue weighted by atomic mass is 10.3. The van der Waals surface area contributed by atoms with Gasteiger partial charge in [0.05, 0.1) is 0 Å². The highest BCUT2D eigenvalue weighted by Crippen LogP contribution is 2.23. The molecule has 2 nitrogen and oxygen atoms in total. The van der Waals surface area contributed by atoms with E-state index < -0.39 is 23.6 Å². The number of rotatable bonds is 1. The van der Waals surface area contributed by atoms with Gasteiger partial charge in [-0.25, -0.2) is 18.2 Å². The average Bonchev–Trinajstić information content (AvgIpc) is 2.03. The van der Waals surface area contributed by atoms with E-state index in [-0.39, 0.29) is 3.57 Å². The molecule has 0 unspecified atom stereocenters. The minimum absolute atomic E-state index is 0.0177. The fourth-order valence-electron chi connectivity index (χ4n) is 0.712. The molecule has 0 spiro atoms. The number of aromatic nitrogens is 1. The average molecular weight is 298 g/mol. The molecule has 1 aromatic heterocycles. The van der Waals surface area contributed by atoms with Gasteiger partial charge in [-0.05, 0) is 28.7 Å². The van der Waals surface area contributed by atoms with Crippen molar-refractivity contribution in [3.63, 3.8) is 0 Å². The molecule has 0 saturated heterocycles. The second-order valence-corrected chi connectivity index (χ2v) is 3.26. The quantitative estimate of drug-likeness (QED) is 0.747. The SMILES string of the molecule is N#Cc1nc(C(F)F)c(I)cc1F. The summed E-state index contributed by atoms with van der Waals surface area (Å²) in [6.45, 7) is 0. The Morgan fingerprint density at radius 1 is 1.54 bits per heavy atom. The van der Waals surface area contributed by atoms with Crippen LogP contribution in [0, 0.1) is 20.7 Å². The van der Waals surface area contributed by atoms with Crippen molar-refractivity contribution >= 4 is 22.6 Å². The summed E-state index contributed by atoms with van der Waals surface area (Å²) < 4.78 is 37.1. The monoisotopic (exact) mass is 298 g/mol. The second kappa shape index (κ2) is 3.91. The zero-order valence-electron chi connectivity index (χ0n) is 6.06. The topological polar surface area (TPSA) is 36.7 Å². The molecule has 0 aliphatic rings. The van der Waals surface area contributed by atoms with Crippen molar-refractivity contribution in [2.75, 3.05) is 0 Å². The highest BCUT2D eigenvalue weighted by atomic mass is 127. The largest absolute Gasteiger partial charge is 0.281 e. The van der Waals surface area contributed by atoms with E-state index in [0.717, 1.165) is 6.07 Å². The zero-order valence-corrected chi connectivity index (χ0v) is 8.22. The van der Waals surface area contributed by atoms with E-state index in [2.05, 4.69) is 4.98 Å². The summed E-state index contributed by atoms with van der Waals surface area (Å²) in [4.78, 5) is 3.20. The van der Waals surface area contributed by atoms with Crippen molar-refractivity contribution in [1.82, 2.24) is 4.98 Å². The number of alkyl halides is 2. The maximum atomic E-state index is 12.8. The second-order valence-electron chi connectivity index (χ2n) is 2.10. The fourth-order valence-corrected chi connectivity index (χ4v) is 1.34. The molecule has 1 heterocycles. The van der Waals surface area contributed by atoms with Crippen LogP contribution in [-0.4, -0.2) is 4.98 Å². The first-order valence-corrected chi connectivity index (χ1v) is 4.18. The third kappa shape index (κ3) is 2.09. The molecular weight excluding hydrogens is 296 g/mol. The molecule has 0 bridgehead atoms. The maximum Gasteiger partial charge on any atom is 0.281 e. The summed E-state index contributed by atoms with van der Waals surface area (Å²) in [5, 5.41) is 8.32. The maximum absolute atomic E-state index is 12.8. The van der Waals surface area contributed by atoms with E-state index in [9.17, 15) is 13.2 Å². The Balaban J connectivity index is 3.33. The van der Waals surface area contributed by atoms with E-state index in [0.29, 0.717) is 0 Å². The third-order valence-corrected chi connectivity index (χ3v) is 2.13. The van der Waals surface area contributed by atoms with Crippen LogP contribution in [0.2, 0.25) is 0 Å². The van der Waals surface area contributed by atoms with Crippen LogP contribution < -0.4 is 0 Å². The fraction of sp³-hybridized carbons (Fsp3) is 0.143. The van der Waals surface area contributed by atoms with E-state index >= 15 is 0 Å². The van der Waals surface area contributed by atoms with Crippen molar-refractivity contribution in [1.29, 1.82) is 5.26 Å². The zero-order chi connectivity index (χ0) is 10.0. The molecule has 0 N–H and O–H groups in total. The molecular formula is C7H2F3IN2. The minimum atomic E-state index is -2.79. The van der Waals surface area contributed by atoms with Gasteiger partial charge in [-0.1, -0.05) is 0 Å². The van der Waals surface area contributed by atoms with Crippen LogP contribution in [0.5, 0.6) is 0 Å². The lowest BCUT2D eigenvalue weighted by Crippen LogP contribution is -2.00. The lowest BCUT2D eigenvalue weighted by Gasteiger charge is -2.02. The van der Waals surface area contributed by atoms with E-state index in [1.165, 1.54) is 6.07 Å². The number of nitrogens with zero attached hydrogens (tertiary/aromatic N) is 2. The van der Waals surface area contributed by atoms with Gasteiger partial charge < -0.3 is 0 Å². The highest BCUT2D eigenvalue weighted by Gasteiger charge is 2.17. The number of pyridine rings is 1. The van der Waals surface area contributed by atoms with Gasteiger partial charge in [0.15, 0.2) is 11.5 Å². The summed E-state index contributed by atoms with van der Waals surface area (Å²) in [6.07, 6.45) is -2.79. The van der Waals surface area contributed by atoms with Gasteiger partial charge in [-0.15, -0.1) is 0 Å². The van der Waals surface area contributed by atoms with Crippen LogP contribution in [0.3, 0.4) is 0 Å². The summed E-state index contributed by atoms with van der Waals surface area (Å²) >= 11 is 1.54. The minimum Gasteiger partial charge on any atom is -0.232 e. The molecule has 0 fully saturated rings. The van der Waals surface area contributed by atoms with Crippen LogP contribution in [0.15, 0.2) is 6.07 Å². The summed E-state index contributed by atoms with van der Waals surface area (Å²) in [6, 6.07) is 2.26. The molecule has 0 aromatic carbocycles. The first kappa shape index (κ1) is 10.2. The van der Waals surface area contributed by atoms with Gasteiger partial charge in [0, 0.05) is 3.57 Å². The van der Waals surface area contributed by atoms with Gasteiger partial charge in [0.25, 0.3) is 6.43 Å².